The Hall–Kier alpha value is -5.12. The Balaban J connectivity index is 1.52. The highest BCUT2D eigenvalue weighted by atomic mass is 16.6. The second kappa shape index (κ2) is 9.57. The number of anilines is 1. The molecule has 0 heterocycles. The molecule has 34 heavy (non-hydrogen) atoms. The number of carbonyl (C=O) groups is 1. The van der Waals surface area contributed by atoms with Gasteiger partial charge in [-0.05, 0) is 41.1 Å². The predicted molar refractivity (Wildman–Crippen MR) is 126 cm³/mol. The zero-order chi connectivity index (χ0) is 24.1. The number of esters is 1. The average molecular weight is 456 g/mol. The van der Waals surface area contributed by atoms with Gasteiger partial charge < -0.3 is 4.74 Å². The van der Waals surface area contributed by atoms with Crippen LogP contribution in [-0.2, 0) is 0 Å². The molecule has 0 amide bonds. The molecule has 0 aromatic heterocycles. The highest BCUT2D eigenvalue weighted by Gasteiger charge is 2.20. The quantitative estimate of drug-likeness (QED) is 0.131. The van der Waals surface area contributed by atoms with E-state index >= 15 is 0 Å². The second-order valence-corrected chi connectivity index (χ2v) is 7.07. The highest BCUT2D eigenvalue weighted by molar-refractivity contribution is 6.05. The summed E-state index contributed by atoms with van der Waals surface area (Å²) in [5.74, 6) is -0.899. The van der Waals surface area contributed by atoms with Crippen LogP contribution < -0.4 is 10.2 Å². The van der Waals surface area contributed by atoms with Crippen molar-refractivity contribution >= 4 is 40.0 Å². The van der Waals surface area contributed by atoms with Gasteiger partial charge in [-0.3, -0.25) is 25.7 Å². The normalized spacial score (nSPS) is 10.8. The molecule has 0 saturated heterocycles. The molecule has 4 rings (SSSR count). The minimum absolute atomic E-state index is 0.0567. The van der Waals surface area contributed by atoms with E-state index in [0.717, 1.165) is 5.39 Å². The molecule has 0 unspecified atom stereocenters. The Bertz CT molecular complexity index is 1430. The molecule has 0 radical (unpaired) electrons. The summed E-state index contributed by atoms with van der Waals surface area (Å²) >= 11 is 0. The van der Waals surface area contributed by atoms with Gasteiger partial charge in [0.1, 0.15) is 0 Å². The van der Waals surface area contributed by atoms with Crippen LogP contribution >= 0.6 is 0 Å². The van der Waals surface area contributed by atoms with Gasteiger partial charge in [-0.2, -0.15) is 5.10 Å². The van der Waals surface area contributed by atoms with Gasteiger partial charge in [-0.1, -0.05) is 36.4 Å². The van der Waals surface area contributed by atoms with Crippen molar-refractivity contribution in [3.63, 3.8) is 0 Å². The van der Waals surface area contributed by atoms with Crippen molar-refractivity contribution in [1.82, 2.24) is 0 Å². The van der Waals surface area contributed by atoms with Crippen molar-refractivity contribution < 1.29 is 19.4 Å². The van der Waals surface area contributed by atoms with Crippen LogP contribution in [0.5, 0.6) is 5.75 Å². The topological polar surface area (TPSA) is 137 Å². The summed E-state index contributed by atoms with van der Waals surface area (Å²) in [5.41, 5.74) is 3.41. The Kier molecular flexibility index (Phi) is 6.22. The van der Waals surface area contributed by atoms with E-state index in [1.165, 1.54) is 48.7 Å². The third-order valence-electron chi connectivity index (χ3n) is 4.88. The van der Waals surface area contributed by atoms with Gasteiger partial charge in [0.15, 0.2) is 0 Å². The number of ether oxygens (including phenoxy) is 1. The Labute approximate surface area is 192 Å². The molecular formula is C24H16N4O6. The van der Waals surface area contributed by atoms with Crippen LogP contribution in [0.2, 0.25) is 0 Å². The minimum Gasteiger partial charge on any atom is -0.416 e. The summed E-state index contributed by atoms with van der Waals surface area (Å²) < 4.78 is 5.36. The first-order chi connectivity index (χ1) is 16.4. The average Bonchev–Trinajstić information content (AvgIpc) is 2.84. The lowest BCUT2D eigenvalue weighted by molar-refractivity contribution is -0.385. The van der Waals surface area contributed by atoms with Gasteiger partial charge >= 0.3 is 11.7 Å². The number of nitro benzene ring substituents is 2. The molecule has 0 atom stereocenters. The number of rotatable bonds is 7. The Morgan fingerprint density at radius 2 is 1.62 bits per heavy atom. The van der Waals surface area contributed by atoms with Gasteiger partial charge in [-0.25, -0.2) is 4.79 Å². The lowest BCUT2D eigenvalue weighted by atomic mass is 10.0. The molecule has 4 aromatic carbocycles. The Morgan fingerprint density at radius 3 is 2.35 bits per heavy atom. The monoisotopic (exact) mass is 456 g/mol. The number of benzene rings is 4. The molecule has 0 bridgehead atoms. The number of hydrogen-bond donors (Lipinski definition) is 1. The summed E-state index contributed by atoms with van der Waals surface area (Å²) in [6.07, 6.45) is 1.34. The van der Waals surface area contributed by atoms with E-state index in [1.807, 2.05) is 18.2 Å². The van der Waals surface area contributed by atoms with E-state index < -0.39 is 21.5 Å². The molecule has 0 fully saturated rings. The fourth-order valence-corrected chi connectivity index (χ4v) is 3.24. The van der Waals surface area contributed by atoms with Crippen LogP contribution in [0.15, 0.2) is 90.0 Å². The molecule has 168 valence electrons. The van der Waals surface area contributed by atoms with Crippen LogP contribution in [0.4, 0.5) is 17.1 Å². The van der Waals surface area contributed by atoms with Crippen molar-refractivity contribution in [2.45, 2.75) is 0 Å². The highest BCUT2D eigenvalue weighted by Crippen LogP contribution is 2.29. The van der Waals surface area contributed by atoms with Crippen molar-refractivity contribution in [2.24, 2.45) is 5.10 Å². The zero-order valence-electron chi connectivity index (χ0n) is 17.5. The number of non-ortho nitro benzene ring substituents is 1. The third-order valence-corrected chi connectivity index (χ3v) is 4.88. The molecule has 1 N–H and O–H groups in total. The molecule has 10 heteroatoms. The lowest BCUT2D eigenvalue weighted by Gasteiger charge is -2.08. The summed E-state index contributed by atoms with van der Waals surface area (Å²) in [6, 6.07) is 22.1. The van der Waals surface area contributed by atoms with E-state index in [4.69, 9.17) is 4.74 Å². The van der Waals surface area contributed by atoms with E-state index in [1.54, 1.807) is 24.3 Å². The molecule has 0 saturated carbocycles. The van der Waals surface area contributed by atoms with Gasteiger partial charge in [0.25, 0.3) is 5.69 Å². The van der Waals surface area contributed by atoms with Crippen molar-refractivity contribution in [3.8, 4) is 5.75 Å². The molecule has 10 nitrogen and oxygen atoms in total. The number of nitrogens with zero attached hydrogens (tertiary/aromatic N) is 3. The molecule has 0 aliphatic carbocycles. The summed E-state index contributed by atoms with van der Waals surface area (Å²) in [5, 5.41) is 27.8. The summed E-state index contributed by atoms with van der Waals surface area (Å²) in [6.45, 7) is 0. The van der Waals surface area contributed by atoms with Crippen molar-refractivity contribution in [2.75, 3.05) is 5.43 Å². The van der Waals surface area contributed by atoms with Gasteiger partial charge in [-0.15, -0.1) is 0 Å². The molecule has 4 aromatic rings. The van der Waals surface area contributed by atoms with E-state index in [9.17, 15) is 25.0 Å². The van der Waals surface area contributed by atoms with E-state index in [-0.39, 0.29) is 11.4 Å². The molecule has 0 aliphatic rings. The van der Waals surface area contributed by atoms with Gasteiger partial charge in [0.05, 0.1) is 27.3 Å². The second-order valence-electron chi connectivity index (χ2n) is 7.07. The minimum atomic E-state index is -0.707. The van der Waals surface area contributed by atoms with Crippen LogP contribution in [-0.4, -0.2) is 22.0 Å². The maximum absolute atomic E-state index is 12.8. The van der Waals surface area contributed by atoms with Crippen LogP contribution in [0, 0.1) is 20.2 Å². The van der Waals surface area contributed by atoms with Crippen molar-refractivity contribution in [1.29, 1.82) is 0 Å². The standard InChI is InChI=1S/C24H16N4O6/c29-24(21-7-3-5-17-4-1-2-6-20(17)21)34-23-13-8-16(14-22(23)28(32)33)15-25-26-18-9-11-19(12-10-18)27(30)31/h1-15,26H/b25-15-. The third kappa shape index (κ3) is 4.86. The smallest absolute Gasteiger partial charge is 0.344 e. The van der Waals surface area contributed by atoms with Crippen LogP contribution in [0.3, 0.4) is 0 Å². The first-order valence-corrected chi connectivity index (χ1v) is 9.94. The predicted octanol–water partition coefficient (Wildman–Crippen LogP) is 5.32. The fourth-order valence-electron chi connectivity index (χ4n) is 3.24. The number of carbonyl (C=O) groups excluding carboxylic acids is 1. The van der Waals surface area contributed by atoms with E-state index in [0.29, 0.717) is 22.2 Å². The van der Waals surface area contributed by atoms with E-state index in [2.05, 4.69) is 10.5 Å². The van der Waals surface area contributed by atoms with Crippen LogP contribution in [0.1, 0.15) is 15.9 Å². The number of nitro groups is 2. The lowest BCUT2D eigenvalue weighted by Crippen LogP contribution is -2.10. The van der Waals surface area contributed by atoms with Gasteiger partial charge in [0, 0.05) is 23.8 Å². The Morgan fingerprint density at radius 1 is 0.882 bits per heavy atom. The SMILES string of the molecule is O=C(Oc1ccc(/C=N\Nc2ccc([N+](=O)[O-])cc2)cc1[N+](=O)[O-])c1cccc2ccccc12. The first-order valence-electron chi connectivity index (χ1n) is 9.94. The number of nitrogens with one attached hydrogen (secondary N) is 1. The molecule has 0 aliphatic heterocycles. The maximum Gasteiger partial charge on any atom is 0.344 e. The van der Waals surface area contributed by atoms with Crippen molar-refractivity contribution in [3.05, 3.63) is 116 Å². The van der Waals surface area contributed by atoms with Gasteiger partial charge in [0.2, 0.25) is 5.75 Å². The number of hydrazone groups is 1. The largest absolute Gasteiger partial charge is 0.416 e. The maximum atomic E-state index is 12.8. The number of hydrogen-bond acceptors (Lipinski definition) is 8. The summed E-state index contributed by atoms with van der Waals surface area (Å²) in [7, 11) is 0. The van der Waals surface area contributed by atoms with Crippen LogP contribution in [0.25, 0.3) is 10.8 Å². The molecular weight excluding hydrogens is 440 g/mol. The zero-order valence-corrected chi connectivity index (χ0v) is 17.5. The molecule has 0 spiro atoms. The fraction of sp³-hybridized carbons (Fsp3) is 0. The first kappa shape index (κ1) is 22.1. The summed E-state index contributed by atoms with van der Waals surface area (Å²) in [4.78, 5) is 33.9. The number of fused-ring (bicyclic) bond motifs is 1.